The molecule has 0 aliphatic heterocycles. The van der Waals surface area contributed by atoms with E-state index >= 15 is 0 Å². The summed E-state index contributed by atoms with van der Waals surface area (Å²) in [5, 5.41) is 0.485. The predicted molar refractivity (Wildman–Crippen MR) is 69.3 cm³/mol. The third kappa shape index (κ3) is 2.95. The number of nitrogens with one attached hydrogen (secondary N) is 1. The van der Waals surface area contributed by atoms with Crippen LogP contribution in [0.1, 0.15) is 10.4 Å². The average molecular weight is 267 g/mol. The first kappa shape index (κ1) is 12.7. The van der Waals surface area contributed by atoms with Crippen LogP contribution in [0.25, 0.3) is 10.2 Å². The molecule has 0 saturated heterocycles. The van der Waals surface area contributed by atoms with Crippen LogP contribution in [-0.4, -0.2) is 31.2 Å². The summed E-state index contributed by atoms with van der Waals surface area (Å²) in [5.74, 6) is -0.306. The van der Waals surface area contributed by atoms with E-state index in [-0.39, 0.29) is 5.91 Å². The largest absolute Gasteiger partial charge is 0.382 e. The molecule has 0 saturated carbocycles. The molecule has 0 aliphatic rings. The molecule has 0 fully saturated rings. The molecule has 0 atom stereocenters. The number of benzene rings is 1. The van der Waals surface area contributed by atoms with Crippen molar-refractivity contribution in [2.45, 2.75) is 0 Å². The molecule has 6 nitrogen and oxygen atoms in total. The van der Waals surface area contributed by atoms with Gasteiger partial charge in [-0.3, -0.25) is 9.63 Å². The number of anilines is 1. The maximum Gasteiger partial charge on any atom is 0.274 e. The normalized spacial score (nSPS) is 10.7. The first-order valence-electron chi connectivity index (χ1n) is 5.28. The number of amides is 1. The predicted octanol–water partition coefficient (Wildman–Crippen LogP) is 1.19. The number of carbonyl (C=O) groups is 1. The fourth-order valence-corrected chi connectivity index (χ4v) is 2.16. The van der Waals surface area contributed by atoms with Crippen LogP contribution in [-0.2, 0) is 9.57 Å². The number of carbonyl (C=O) groups excluding carboxylic acids is 1. The van der Waals surface area contributed by atoms with E-state index in [0.29, 0.717) is 23.9 Å². The number of ether oxygens (including phenoxy) is 1. The van der Waals surface area contributed by atoms with Crippen molar-refractivity contribution in [1.82, 2.24) is 10.5 Å². The highest BCUT2D eigenvalue weighted by Gasteiger charge is 2.08. The van der Waals surface area contributed by atoms with Crippen LogP contribution in [0.4, 0.5) is 5.13 Å². The lowest BCUT2D eigenvalue weighted by molar-refractivity contribution is 0.00890. The minimum absolute atomic E-state index is 0.304. The van der Waals surface area contributed by atoms with Gasteiger partial charge in [-0.05, 0) is 18.2 Å². The molecule has 2 aromatic rings. The van der Waals surface area contributed by atoms with Gasteiger partial charge in [-0.2, -0.15) is 0 Å². The van der Waals surface area contributed by atoms with E-state index in [0.717, 1.165) is 10.2 Å². The molecule has 1 aromatic heterocycles. The number of aromatic nitrogens is 1. The first-order valence-corrected chi connectivity index (χ1v) is 6.09. The van der Waals surface area contributed by atoms with Gasteiger partial charge in [0, 0.05) is 12.7 Å². The number of hydrogen-bond donors (Lipinski definition) is 2. The van der Waals surface area contributed by atoms with E-state index in [1.54, 1.807) is 25.3 Å². The van der Waals surface area contributed by atoms with E-state index in [1.165, 1.54) is 11.3 Å². The highest BCUT2D eigenvalue weighted by molar-refractivity contribution is 7.22. The Morgan fingerprint density at radius 2 is 2.33 bits per heavy atom. The molecule has 0 radical (unpaired) electrons. The van der Waals surface area contributed by atoms with Crippen LogP contribution in [0.5, 0.6) is 0 Å². The Balaban J connectivity index is 2.03. The summed E-state index contributed by atoms with van der Waals surface area (Å²) in [4.78, 5) is 20.8. The van der Waals surface area contributed by atoms with Crippen LogP contribution in [0.2, 0.25) is 0 Å². The molecule has 7 heteroatoms. The molecule has 18 heavy (non-hydrogen) atoms. The second-order valence-electron chi connectivity index (χ2n) is 3.51. The highest BCUT2D eigenvalue weighted by atomic mass is 32.1. The molecule has 1 amide bonds. The van der Waals surface area contributed by atoms with Crippen molar-refractivity contribution in [3.63, 3.8) is 0 Å². The maximum absolute atomic E-state index is 11.7. The van der Waals surface area contributed by atoms with Crippen molar-refractivity contribution >= 4 is 32.6 Å². The number of hydroxylamine groups is 1. The standard InChI is InChI=1S/C11H13N3O3S/c1-16-4-5-17-14-10(15)7-2-3-8-9(6-7)18-11(12)13-8/h2-3,6H,4-5H2,1H3,(H2,12,13)(H,14,15). The number of nitrogens with two attached hydrogens (primary N) is 1. The van der Waals surface area contributed by atoms with Gasteiger partial charge in [0.15, 0.2) is 5.13 Å². The third-order valence-electron chi connectivity index (χ3n) is 2.22. The molecule has 1 heterocycles. The van der Waals surface area contributed by atoms with E-state index in [2.05, 4.69) is 10.5 Å². The van der Waals surface area contributed by atoms with Gasteiger partial charge < -0.3 is 10.5 Å². The lowest BCUT2D eigenvalue weighted by atomic mass is 10.2. The molecule has 0 spiro atoms. The zero-order valence-electron chi connectivity index (χ0n) is 9.80. The van der Waals surface area contributed by atoms with Gasteiger partial charge in [0.1, 0.15) is 0 Å². The maximum atomic E-state index is 11.7. The van der Waals surface area contributed by atoms with Crippen LogP contribution >= 0.6 is 11.3 Å². The van der Waals surface area contributed by atoms with Gasteiger partial charge >= 0.3 is 0 Å². The van der Waals surface area contributed by atoms with Gasteiger partial charge in [0.2, 0.25) is 0 Å². The fraction of sp³-hybridized carbons (Fsp3) is 0.273. The Kier molecular flexibility index (Phi) is 4.08. The average Bonchev–Trinajstić information content (AvgIpc) is 2.73. The highest BCUT2D eigenvalue weighted by Crippen LogP contribution is 2.24. The Bertz CT molecular complexity index is 555. The molecule has 1 aromatic carbocycles. The van der Waals surface area contributed by atoms with Crippen molar-refractivity contribution in [3.8, 4) is 0 Å². The summed E-state index contributed by atoms with van der Waals surface area (Å²) in [6.07, 6.45) is 0. The SMILES string of the molecule is COCCONC(=O)c1ccc2nc(N)sc2c1. The number of thiazole rings is 1. The minimum atomic E-state index is -0.306. The Morgan fingerprint density at radius 3 is 3.11 bits per heavy atom. The quantitative estimate of drug-likeness (QED) is 0.627. The van der Waals surface area contributed by atoms with Gasteiger partial charge in [-0.15, -0.1) is 0 Å². The van der Waals surface area contributed by atoms with Crippen LogP contribution in [0.3, 0.4) is 0 Å². The molecule has 0 bridgehead atoms. The topological polar surface area (TPSA) is 86.5 Å². The zero-order chi connectivity index (χ0) is 13.0. The molecular formula is C11H13N3O3S. The van der Waals surface area contributed by atoms with E-state index in [1.807, 2.05) is 0 Å². The van der Waals surface area contributed by atoms with Crippen LogP contribution in [0.15, 0.2) is 18.2 Å². The summed E-state index contributed by atoms with van der Waals surface area (Å²) in [6.45, 7) is 0.725. The summed E-state index contributed by atoms with van der Waals surface area (Å²) >= 11 is 1.34. The van der Waals surface area contributed by atoms with E-state index in [9.17, 15) is 4.79 Å². The van der Waals surface area contributed by atoms with Crippen molar-refractivity contribution in [1.29, 1.82) is 0 Å². The van der Waals surface area contributed by atoms with Crippen LogP contribution in [0, 0.1) is 0 Å². The summed E-state index contributed by atoms with van der Waals surface area (Å²) in [6, 6.07) is 5.17. The van der Waals surface area contributed by atoms with E-state index < -0.39 is 0 Å². The van der Waals surface area contributed by atoms with Gasteiger partial charge in [-0.25, -0.2) is 10.5 Å². The summed E-state index contributed by atoms with van der Waals surface area (Å²) in [5.41, 5.74) is 9.23. The van der Waals surface area contributed by atoms with Gasteiger partial charge in [0.05, 0.1) is 23.4 Å². The van der Waals surface area contributed by atoms with Crippen molar-refractivity contribution in [2.24, 2.45) is 0 Å². The van der Waals surface area contributed by atoms with Crippen molar-refractivity contribution in [2.75, 3.05) is 26.1 Å². The molecule has 96 valence electrons. The molecule has 0 aliphatic carbocycles. The zero-order valence-corrected chi connectivity index (χ0v) is 10.6. The second-order valence-corrected chi connectivity index (χ2v) is 4.57. The number of hydrogen-bond acceptors (Lipinski definition) is 6. The fourth-order valence-electron chi connectivity index (χ4n) is 1.38. The minimum Gasteiger partial charge on any atom is -0.382 e. The number of fused-ring (bicyclic) bond motifs is 1. The number of nitrogens with zero attached hydrogens (tertiary/aromatic N) is 1. The molecular weight excluding hydrogens is 254 g/mol. The Hall–Kier alpha value is -1.70. The van der Waals surface area contributed by atoms with E-state index in [4.69, 9.17) is 15.3 Å². The third-order valence-corrected chi connectivity index (χ3v) is 3.07. The summed E-state index contributed by atoms with van der Waals surface area (Å²) in [7, 11) is 1.56. The molecule has 2 rings (SSSR count). The molecule has 3 N–H and O–H groups in total. The summed E-state index contributed by atoms with van der Waals surface area (Å²) < 4.78 is 5.67. The van der Waals surface area contributed by atoms with Gasteiger partial charge in [0.25, 0.3) is 5.91 Å². The Labute approximate surface area is 108 Å². The Morgan fingerprint density at radius 1 is 1.50 bits per heavy atom. The monoisotopic (exact) mass is 267 g/mol. The molecule has 0 unspecified atom stereocenters. The lowest BCUT2D eigenvalue weighted by Crippen LogP contribution is -2.25. The smallest absolute Gasteiger partial charge is 0.274 e. The number of nitrogen functional groups attached to an aromatic ring is 1. The van der Waals surface area contributed by atoms with Crippen molar-refractivity contribution < 1.29 is 14.4 Å². The van der Waals surface area contributed by atoms with Crippen LogP contribution < -0.4 is 11.2 Å². The second kappa shape index (κ2) is 5.76. The number of methoxy groups -OCH3 is 1. The first-order chi connectivity index (χ1) is 8.70. The lowest BCUT2D eigenvalue weighted by Gasteiger charge is -2.05. The number of rotatable bonds is 5. The van der Waals surface area contributed by atoms with Gasteiger partial charge in [-0.1, -0.05) is 11.3 Å². The van der Waals surface area contributed by atoms with Crippen molar-refractivity contribution in [3.05, 3.63) is 23.8 Å².